The van der Waals surface area contributed by atoms with Gasteiger partial charge >= 0.3 is 0 Å². The van der Waals surface area contributed by atoms with E-state index in [0.717, 1.165) is 22.3 Å². The van der Waals surface area contributed by atoms with Crippen LogP contribution in [-0.2, 0) is 11.3 Å². The van der Waals surface area contributed by atoms with E-state index in [2.05, 4.69) is 5.32 Å². The van der Waals surface area contributed by atoms with E-state index in [1.165, 1.54) is 6.92 Å². The molecular formula is C15H14ClN3O4. The van der Waals surface area contributed by atoms with Gasteiger partial charge in [-0.1, -0.05) is 11.6 Å². The Labute approximate surface area is 136 Å². The molecule has 23 heavy (non-hydrogen) atoms. The molecule has 1 amide bonds. The average Bonchev–Trinajstić information content (AvgIpc) is 2.46. The van der Waals surface area contributed by atoms with Crippen LogP contribution in [0.4, 0.5) is 11.4 Å². The molecule has 2 aromatic rings. The van der Waals surface area contributed by atoms with Crippen molar-refractivity contribution in [1.29, 1.82) is 0 Å². The number of benzene rings is 1. The van der Waals surface area contributed by atoms with Gasteiger partial charge in [0, 0.05) is 22.8 Å². The van der Waals surface area contributed by atoms with Gasteiger partial charge in [-0.2, -0.15) is 0 Å². The quantitative estimate of drug-likeness (QED) is 0.686. The Balaban J connectivity index is 2.25. The largest absolute Gasteiger partial charge is 0.324 e. The standard InChI is InChI=1S/C15H14ClN3O4/c1-9-7-11(16)3-4-12(9)17-14(20)8-18-10(2)13(19(22)23)5-6-15(18)21/h3-7H,8H2,1-2H3,(H,17,20). The molecule has 1 heterocycles. The lowest BCUT2D eigenvalue weighted by molar-refractivity contribution is -0.386. The molecule has 0 spiro atoms. The first-order chi connectivity index (χ1) is 10.8. The lowest BCUT2D eigenvalue weighted by atomic mass is 10.2. The van der Waals surface area contributed by atoms with E-state index in [-0.39, 0.29) is 17.9 Å². The minimum absolute atomic E-state index is 0.130. The number of aryl methyl sites for hydroxylation is 1. The first-order valence-corrected chi connectivity index (χ1v) is 7.08. The van der Waals surface area contributed by atoms with E-state index < -0.39 is 16.4 Å². The summed E-state index contributed by atoms with van der Waals surface area (Å²) in [6, 6.07) is 7.19. The molecule has 7 nitrogen and oxygen atoms in total. The van der Waals surface area contributed by atoms with Crippen molar-refractivity contribution in [3.8, 4) is 0 Å². The fourth-order valence-corrected chi connectivity index (χ4v) is 2.38. The number of nitrogens with one attached hydrogen (secondary N) is 1. The van der Waals surface area contributed by atoms with Gasteiger partial charge in [-0.3, -0.25) is 24.3 Å². The van der Waals surface area contributed by atoms with Crippen molar-refractivity contribution >= 4 is 28.9 Å². The topological polar surface area (TPSA) is 94.2 Å². The van der Waals surface area contributed by atoms with E-state index in [9.17, 15) is 19.7 Å². The Morgan fingerprint density at radius 3 is 2.61 bits per heavy atom. The van der Waals surface area contributed by atoms with Crippen molar-refractivity contribution in [3.05, 3.63) is 67.1 Å². The molecule has 2 rings (SSSR count). The monoisotopic (exact) mass is 335 g/mol. The third-order valence-electron chi connectivity index (χ3n) is 3.39. The average molecular weight is 336 g/mol. The first-order valence-electron chi connectivity index (χ1n) is 6.70. The van der Waals surface area contributed by atoms with Crippen LogP contribution in [0.25, 0.3) is 0 Å². The van der Waals surface area contributed by atoms with Crippen LogP contribution < -0.4 is 10.9 Å². The highest BCUT2D eigenvalue weighted by Gasteiger charge is 2.17. The number of amides is 1. The van der Waals surface area contributed by atoms with Crippen molar-refractivity contribution < 1.29 is 9.72 Å². The van der Waals surface area contributed by atoms with Gasteiger partial charge < -0.3 is 5.32 Å². The van der Waals surface area contributed by atoms with Gasteiger partial charge in [-0.05, 0) is 37.6 Å². The highest BCUT2D eigenvalue weighted by molar-refractivity contribution is 6.30. The van der Waals surface area contributed by atoms with Gasteiger partial charge in [0.25, 0.3) is 11.2 Å². The van der Waals surface area contributed by atoms with Crippen molar-refractivity contribution in [2.24, 2.45) is 0 Å². The van der Waals surface area contributed by atoms with Gasteiger partial charge in [0.1, 0.15) is 6.54 Å². The van der Waals surface area contributed by atoms with Crippen LogP contribution in [0.2, 0.25) is 5.02 Å². The minimum atomic E-state index is -0.591. The van der Waals surface area contributed by atoms with Crippen molar-refractivity contribution in [3.63, 3.8) is 0 Å². The molecule has 0 aliphatic rings. The Bertz CT molecular complexity index is 845. The highest BCUT2D eigenvalue weighted by Crippen LogP contribution is 2.20. The predicted octanol–water partition coefficient (Wildman–Crippen LogP) is 2.67. The van der Waals surface area contributed by atoms with Crippen molar-refractivity contribution in [1.82, 2.24) is 4.57 Å². The highest BCUT2D eigenvalue weighted by atomic mass is 35.5. The molecule has 0 aliphatic heterocycles. The number of nitro groups is 1. The number of rotatable bonds is 4. The van der Waals surface area contributed by atoms with Gasteiger partial charge in [0.05, 0.1) is 10.6 Å². The SMILES string of the molecule is Cc1cc(Cl)ccc1NC(=O)Cn1c(C)c([N+](=O)[O-])ccc1=O. The van der Waals surface area contributed by atoms with E-state index in [1.54, 1.807) is 25.1 Å². The van der Waals surface area contributed by atoms with Crippen LogP contribution >= 0.6 is 11.6 Å². The van der Waals surface area contributed by atoms with Crippen LogP contribution in [0.15, 0.2) is 35.1 Å². The Kier molecular flexibility index (Phi) is 4.80. The lowest BCUT2D eigenvalue weighted by Gasteiger charge is -2.12. The number of pyridine rings is 1. The third kappa shape index (κ3) is 3.75. The number of anilines is 1. The number of carbonyl (C=O) groups is 1. The van der Waals surface area contributed by atoms with E-state index >= 15 is 0 Å². The van der Waals surface area contributed by atoms with Crippen LogP contribution in [-0.4, -0.2) is 15.4 Å². The van der Waals surface area contributed by atoms with Gasteiger partial charge in [-0.15, -0.1) is 0 Å². The molecule has 1 N–H and O–H groups in total. The summed E-state index contributed by atoms with van der Waals surface area (Å²) in [6.07, 6.45) is 0. The Morgan fingerprint density at radius 1 is 1.30 bits per heavy atom. The van der Waals surface area contributed by atoms with Gasteiger partial charge in [0.2, 0.25) is 5.91 Å². The second-order valence-electron chi connectivity index (χ2n) is 4.99. The third-order valence-corrected chi connectivity index (χ3v) is 3.62. The normalized spacial score (nSPS) is 10.4. The number of nitrogens with zero attached hydrogens (tertiary/aromatic N) is 2. The molecule has 0 saturated heterocycles. The first kappa shape index (κ1) is 16.7. The molecule has 0 unspecified atom stereocenters. The number of aromatic nitrogens is 1. The molecule has 120 valence electrons. The van der Waals surface area contributed by atoms with E-state index in [0.29, 0.717) is 10.7 Å². The molecule has 0 fully saturated rings. The molecule has 0 radical (unpaired) electrons. The molecule has 0 atom stereocenters. The summed E-state index contributed by atoms with van der Waals surface area (Å²) in [6.45, 7) is 2.90. The summed E-state index contributed by atoms with van der Waals surface area (Å²) in [4.78, 5) is 34.3. The summed E-state index contributed by atoms with van der Waals surface area (Å²) in [7, 11) is 0. The van der Waals surface area contributed by atoms with Crippen LogP contribution in [0.5, 0.6) is 0 Å². The Morgan fingerprint density at radius 2 is 2.00 bits per heavy atom. The number of carbonyl (C=O) groups excluding carboxylic acids is 1. The number of hydrogen-bond donors (Lipinski definition) is 1. The zero-order valence-electron chi connectivity index (χ0n) is 12.5. The fraction of sp³-hybridized carbons (Fsp3) is 0.200. The van der Waals surface area contributed by atoms with E-state index in [4.69, 9.17) is 11.6 Å². The van der Waals surface area contributed by atoms with Crippen LogP contribution in [0.1, 0.15) is 11.3 Å². The van der Waals surface area contributed by atoms with Crippen molar-refractivity contribution in [2.45, 2.75) is 20.4 Å². The summed E-state index contributed by atoms with van der Waals surface area (Å²) >= 11 is 5.85. The molecule has 0 saturated carbocycles. The second kappa shape index (κ2) is 6.62. The molecule has 8 heteroatoms. The summed E-state index contributed by atoms with van der Waals surface area (Å²) < 4.78 is 1.07. The minimum Gasteiger partial charge on any atom is -0.324 e. The zero-order valence-corrected chi connectivity index (χ0v) is 13.3. The molecule has 0 bridgehead atoms. The summed E-state index contributed by atoms with van der Waals surface area (Å²) in [5.74, 6) is -0.457. The molecule has 0 aliphatic carbocycles. The fourth-order valence-electron chi connectivity index (χ4n) is 2.15. The maximum atomic E-state index is 12.1. The van der Waals surface area contributed by atoms with E-state index in [1.807, 2.05) is 0 Å². The maximum absolute atomic E-state index is 12.1. The lowest BCUT2D eigenvalue weighted by Crippen LogP contribution is -2.29. The summed E-state index contributed by atoms with van der Waals surface area (Å²) in [5, 5.41) is 14.1. The molecule has 1 aromatic carbocycles. The second-order valence-corrected chi connectivity index (χ2v) is 5.43. The Hall–Kier alpha value is -2.67. The van der Waals surface area contributed by atoms with Crippen molar-refractivity contribution in [2.75, 3.05) is 5.32 Å². The van der Waals surface area contributed by atoms with Gasteiger partial charge in [-0.25, -0.2) is 0 Å². The number of halogens is 1. The zero-order chi connectivity index (χ0) is 17.1. The summed E-state index contributed by atoms with van der Waals surface area (Å²) in [5.41, 5.74) is 0.783. The molecule has 1 aromatic heterocycles. The molecular weight excluding hydrogens is 322 g/mol. The van der Waals surface area contributed by atoms with Crippen LogP contribution in [0, 0.1) is 24.0 Å². The smallest absolute Gasteiger partial charge is 0.288 e. The number of hydrogen-bond acceptors (Lipinski definition) is 4. The maximum Gasteiger partial charge on any atom is 0.288 e. The van der Waals surface area contributed by atoms with Gasteiger partial charge in [0.15, 0.2) is 0 Å². The predicted molar refractivity (Wildman–Crippen MR) is 86.9 cm³/mol. The van der Waals surface area contributed by atoms with Crippen LogP contribution in [0.3, 0.4) is 0 Å².